The van der Waals surface area contributed by atoms with Crippen molar-refractivity contribution in [1.82, 2.24) is 0 Å². The Labute approximate surface area is 554 Å². The average molecular weight is 1240 g/mol. The van der Waals surface area contributed by atoms with Gasteiger partial charge >= 0.3 is 0 Å². The zero-order chi connectivity index (χ0) is 65.8. The molecule has 3 saturated heterocycles. The summed E-state index contributed by atoms with van der Waals surface area (Å²) in [5.74, 6) is 22.6. The van der Waals surface area contributed by atoms with Gasteiger partial charge in [0.05, 0.1) is 38.1 Å². The summed E-state index contributed by atoms with van der Waals surface area (Å²) in [6, 6.07) is 0. The monoisotopic (exact) mass is 1240 g/mol. The second-order valence-electron chi connectivity index (χ2n) is 31.0. The molecule has 4 heteroatoms. The van der Waals surface area contributed by atoms with Gasteiger partial charge in [0.2, 0.25) is 0 Å². The first-order valence-electron chi connectivity index (χ1n) is 41.3. The molecular formula is C84H164O4. The first kappa shape index (κ1) is 82.1. The third-order valence-corrected chi connectivity index (χ3v) is 26.7. The lowest BCUT2D eigenvalue weighted by Gasteiger charge is -2.49. The predicted molar refractivity (Wildman–Crippen MR) is 388 cm³/mol. The van der Waals surface area contributed by atoms with Crippen LogP contribution < -0.4 is 0 Å². The SMILES string of the molecule is C1C2CC3CC1CC(C2)C3.C1CC2C(C1)C1CC2C2C3CCC(C3)C12.C1CC2CCC1C2.C1CCC2CC3CCCCC3CC2C1.CC.CC.CC.CC.CC.CC.CC.CC.CC1CO[C@]2(C)C(C)CO[C@H]12.CCC1(CC)COC(C(C)(C)CC)OC1. The van der Waals surface area contributed by atoms with Crippen LogP contribution in [0.4, 0.5) is 0 Å². The smallest absolute Gasteiger partial charge is 0.162 e. The summed E-state index contributed by atoms with van der Waals surface area (Å²) in [7, 11) is 0. The Hall–Kier alpha value is -0.160. The van der Waals surface area contributed by atoms with Crippen molar-refractivity contribution in [2.24, 2.45) is 129 Å². The Morgan fingerprint density at radius 3 is 1.03 bits per heavy atom. The molecule has 17 aliphatic rings. The topological polar surface area (TPSA) is 36.9 Å². The molecule has 14 aliphatic carbocycles. The van der Waals surface area contributed by atoms with Gasteiger partial charge in [0.15, 0.2) is 6.29 Å². The molecule has 4 nitrogen and oxygen atoms in total. The predicted octanol–water partition coefficient (Wildman–Crippen LogP) is 26.4. The maximum absolute atomic E-state index is 5.91. The molecule has 17 rings (SSSR count). The molecule has 524 valence electrons. The van der Waals surface area contributed by atoms with Gasteiger partial charge in [-0.15, -0.1) is 0 Å². The summed E-state index contributed by atoms with van der Waals surface area (Å²) in [6.45, 7) is 53.1. The van der Waals surface area contributed by atoms with E-state index >= 15 is 0 Å². The maximum atomic E-state index is 5.91. The molecule has 14 saturated carbocycles. The second kappa shape index (κ2) is 42.4. The van der Waals surface area contributed by atoms with Gasteiger partial charge in [0.1, 0.15) is 0 Å². The van der Waals surface area contributed by atoms with Gasteiger partial charge < -0.3 is 18.9 Å². The van der Waals surface area contributed by atoms with E-state index in [1.54, 1.807) is 180 Å². The lowest BCUT2D eigenvalue weighted by atomic mass is 9.56. The van der Waals surface area contributed by atoms with Gasteiger partial charge in [-0.25, -0.2) is 0 Å². The summed E-state index contributed by atoms with van der Waals surface area (Å²) in [5, 5.41) is 0. The van der Waals surface area contributed by atoms with E-state index in [1.165, 1.54) is 82.9 Å². The maximum Gasteiger partial charge on any atom is 0.162 e. The molecule has 3 heterocycles. The molecule has 16 atom stereocenters. The molecule has 0 spiro atoms. The molecule has 0 aromatic carbocycles. The number of rotatable bonds is 4. The van der Waals surface area contributed by atoms with Crippen LogP contribution >= 0.6 is 0 Å². The normalized spacial score (nSPS) is 41.2. The van der Waals surface area contributed by atoms with E-state index in [-0.39, 0.29) is 22.7 Å². The van der Waals surface area contributed by atoms with Crippen LogP contribution in [0.25, 0.3) is 0 Å². The van der Waals surface area contributed by atoms with Crippen LogP contribution in [0.5, 0.6) is 0 Å². The molecule has 14 unspecified atom stereocenters. The van der Waals surface area contributed by atoms with Crippen LogP contribution in [0.2, 0.25) is 0 Å². The molecule has 0 amide bonds. The number of ether oxygens (including phenoxy) is 4. The first-order chi connectivity index (χ1) is 42.9. The highest BCUT2D eigenvalue weighted by atomic mass is 16.7. The first-order valence-corrected chi connectivity index (χ1v) is 41.3. The number of fused-ring (bicyclic) bond motifs is 17. The Morgan fingerprint density at radius 2 is 0.716 bits per heavy atom. The lowest BCUT2D eigenvalue weighted by molar-refractivity contribution is -0.270. The van der Waals surface area contributed by atoms with Gasteiger partial charge in [-0.3, -0.25) is 0 Å². The highest BCUT2D eigenvalue weighted by molar-refractivity contribution is 5.14. The van der Waals surface area contributed by atoms with Crippen molar-refractivity contribution in [2.45, 2.75) is 383 Å². The molecule has 0 N–H and O–H groups in total. The minimum absolute atomic E-state index is 0.0133. The largest absolute Gasteiger partial charge is 0.374 e. The van der Waals surface area contributed by atoms with Gasteiger partial charge in [-0.05, 0) is 229 Å². The summed E-state index contributed by atoms with van der Waals surface area (Å²) >= 11 is 0. The third-order valence-electron chi connectivity index (χ3n) is 26.7. The zero-order valence-electron chi connectivity index (χ0n) is 64.6. The number of hydrogen-bond acceptors (Lipinski definition) is 4. The Morgan fingerprint density at radius 1 is 0.364 bits per heavy atom. The molecular weight excluding hydrogens is 1070 g/mol. The summed E-state index contributed by atoms with van der Waals surface area (Å²) in [4.78, 5) is 0. The van der Waals surface area contributed by atoms with Crippen molar-refractivity contribution in [2.75, 3.05) is 26.4 Å². The zero-order valence-corrected chi connectivity index (χ0v) is 64.6. The van der Waals surface area contributed by atoms with E-state index in [0.29, 0.717) is 17.9 Å². The molecule has 0 aromatic rings. The van der Waals surface area contributed by atoms with Crippen molar-refractivity contribution < 1.29 is 18.9 Å². The Balaban J connectivity index is 0.000000266. The Bertz CT molecular complexity index is 1560. The lowest BCUT2D eigenvalue weighted by Crippen LogP contribution is -2.46. The fourth-order valence-electron chi connectivity index (χ4n) is 22.1. The van der Waals surface area contributed by atoms with E-state index in [1.807, 2.05) is 111 Å². The van der Waals surface area contributed by atoms with Crippen molar-refractivity contribution in [3.63, 3.8) is 0 Å². The summed E-state index contributed by atoms with van der Waals surface area (Å²) in [6.07, 6.45) is 48.2. The Kier molecular flexibility index (Phi) is 39.5. The molecule has 3 aliphatic heterocycles. The molecule has 0 radical (unpaired) electrons. The van der Waals surface area contributed by atoms with E-state index < -0.39 is 0 Å². The van der Waals surface area contributed by atoms with Crippen LogP contribution in [-0.4, -0.2) is 44.4 Å². The quantitative estimate of drug-likeness (QED) is 0.263. The second-order valence-corrected chi connectivity index (χ2v) is 31.0. The van der Waals surface area contributed by atoms with Crippen LogP contribution in [0, 0.1) is 129 Å². The van der Waals surface area contributed by atoms with Crippen LogP contribution in [0.15, 0.2) is 0 Å². The van der Waals surface area contributed by atoms with Gasteiger partial charge in [-0.1, -0.05) is 243 Å². The fraction of sp³-hybridized carbons (Fsp3) is 1.00. The number of hydrogen-bond donors (Lipinski definition) is 0. The van der Waals surface area contributed by atoms with E-state index in [9.17, 15) is 0 Å². The molecule has 88 heavy (non-hydrogen) atoms. The van der Waals surface area contributed by atoms with Crippen LogP contribution in [0.3, 0.4) is 0 Å². The van der Waals surface area contributed by atoms with E-state index in [0.717, 1.165) is 69.4 Å². The van der Waals surface area contributed by atoms with Crippen molar-refractivity contribution >= 4 is 0 Å². The van der Waals surface area contributed by atoms with Gasteiger partial charge in [0, 0.05) is 22.7 Å². The molecule has 0 aromatic heterocycles. The standard InChI is InChI=1S/C15H22.C14H24.C13H26O2.C10H16.C9H16O2.C7H12.8C2H6/c1-2-10-11(3-1)13-7-12(10)14-8-4-5-9(6-8)15(13)14;1-2-6-12-10-14-8-4-3-7-13(14)9-11(12)5-1;1-6-12(4,5)11-14-9-13(7-2,8-3)10-15-11;1-7-2-9-4-8(1)5-10(3-7)6-9;1-6-4-11-9(3)7(2)5-10-8(6)9;1-2-7-4-3-6(1)5-7;8*1-2/h8-15H,1-7H2;11-14H,1-10H2;11H,6-10H2,1-5H3;7-10H,1-6H2;6-8H,4-5H2,1-3H3;6-7H,1-5H2;8*1-2H3/t;;;;6?,7?,8-,9-;;;;;;;;;/m....1........./s1. The van der Waals surface area contributed by atoms with Gasteiger partial charge in [0.25, 0.3) is 0 Å². The van der Waals surface area contributed by atoms with Gasteiger partial charge in [-0.2, -0.15) is 0 Å². The minimum atomic E-state index is -0.0197. The minimum Gasteiger partial charge on any atom is -0.374 e. The van der Waals surface area contributed by atoms with Crippen LogP contribution in [-0.2, 0) is 18.9 Å². The van der Waals surface area contributed by atoms with Crippen molar-refractivity contribution in [3.8, 4) is 0 Å². The van der Waals surface area contributed by atoms with Crippen molar-refractivity contribution in [1.29, 1.82) is 0 Å². The van der Waals surface area contributed by atoms with Crippen LogP contribution in [0.1, 0.15) is 365 Å². The highest BCUT2D eigenvalue weighted by Crippen LogP contribution is 2.73. The highest BCUT2D eigenvalue weighted by Gasteiger charge is 2.66. The molecule has 10 bridgehead atoms. The summed E-state index contributed by atoms with van der Waals surface area (Å²) in [5.41, 5.74) is 0.410. The average Bonchev–Trinajstić information content (AvgIpc) is 1.61. The van der Waals surface area contributed by atoms with Crippen molar-refractivity contribution in [3.05, 3.63) is 0 Å². The summed E-state index contributed by atoms with van der Waals surface area (Å²) < 4.78 is 23.3. The van der Waals surface area contributed by atoms with E-state index in [4.69, 9.17) is 18.9 Å². The third kappa shape index (κ3) is 20.7. The van der Waals surface area contributed by atoms with E-state index in [2.05, 4.69) is 55.4 Å². The fourth-order valence-corrected chi connectivity index (χ4v) is 22.1. The molecule has 17 fully saturated rings.